The van der Waals surface area contributed by atoms with Gasteiger partial charge in [0.25, 0.3) is 5.91 Å². The number of aromatic nitrogens is 1. The highest BCUT2D eigenvalue weighted by Gasteiger charge is 2.66. The average Bonchev–Trinajstić information content (AvgIpc) is 3.38. The summed E-state index contributed by atoms with van der Waals surface area (Å²) in [4.78, 5) is 17.4. The zero-order valence-electron chi connectivity index (χ0n) is 19.7. The van der Waals surface area contributed by atoms with E-state index < -0.39 is 58.6 Å². The van der Waals surface area contributed by atoms with E-state index in [2.05, 4.69) is 10.3 Å². The summed E-state index contributed by atoms with van der Waals surface area (Å²) in [7, 11) is 1.05. The first-order valence-corrected chi connectivity index (χ1v) is 11.2. The van der Waals surface area contributed by atoms with Crippen molar-refractivity contribution in [2.75, 3.05) is 25.6 Å². The molecule has 0 radical (unpaired) electrons. The number of carbonyl (C=O) groups excluding carboxylic acids is 1. The van der Waals surface area contributed by atoms with Gasteiger partial charge in [-0.3, -0.25) is 9.78 Å². The summed E-state index contributed by atoms with van der Waals surface area (Å²) in [5.41, 5.74) is -3.90. The lowest BCUT2D eigenvalue weighted by Gasteiger charge is -2.32. The number of ether oxygens (including phenoxy) is 3. The monoisotopic (exact) mass is 516 g/mol. The van der Waals surface area contributed by atoms with Crippen molar-refractivity contribution in [3.05, 3.63) is 53.4 Å². The van der Waals surface area contributed by atoms with Gasteiger partial charge in [0.05, 0.1) is 19.4 Å². The van der Waals surface area contributed by atoms with Crippen LogP contribution in [0.4, 0.5) is 27.6 Å². The number of aliphatic hydroxyl groups is 1. The number of carbonyl (C=O) groups is 1. The maximum Gasteiger partial charge on any atom is 0.417 e. The lowest BCUT2D eigenvalue weighted by Crippen LogP contribution is -2.47. The Hall–Kier alpha value is -2.83. The van der Waals surface area contributed by atoms with Crippen molar-refractivity contribution in [1.29, 1.82) is 0 Å². The maximum atomic E-state index is 14.5. The van der Waals surface area contributed by atoms with E-state index in [1.54, 1.807) is 0 Å². The highest BCUT2D eigenvalue weighted by molar-refractivity contribution is 5.95. The van der Waals surface area contributed by atoms with Crippen LogP contribution in [0, 0.1) is 17.6 Å². The molecule has 2 N–H and O–H groups in total. The number of hydrogen-bond donors (Lipinski definition) is 2. The molecule has 2 fully saturated rings. The number of halogens is 5. The Morgan fingerprint density at radius 2 is 2.00 bits per heavy atom. The van der Waals surface area contributed by atoms with Crippen LogP contribution in [-0.2, 0) is 19.9 Å². The van der Waals surface area contributed by atoms with Gasteiger partial charge in [0.1, 0.15) is 11.7 Å². The first kappa shape index (κ1) is 26.2. The predicted molar refractivity (Wildman–Crippen MR) is 116 cm³/mol. The molecule has 2 aliphatic heterocycles. The number of rotatable bonds is 5. The minimum absolute atomic E-state index is 0.00257. The molecule has 1 aromatic carbocycles. The summed E-state index contributed by atoms with van der Waals surface area (Å²) >= 11 is 0. The summed E-state index contributed by atoms with van der Waals surface area (Å²) in [5, 5.41) is 13.2. The van der Waals surface area contributed by atoms with Crippen molar-refractivity contribution in [3.8, 4) is 5.75 Å². The summed E-state index contributed by atoms with van der Waals surface area (Å²) in [5.74, 6) is -6.90. The van der Waals surface area contributed by atoms with Crippen molar-refractivity contribution >= 4 is 11.6 Å². The fraction of sp³-hybridized carbons (Fsp3) is 0.500. The predicted octanol–water partition coefficient (Wildman–Crippen LogP) is 4.05. The van der Waals surface area contributed by atoms with Crippen molar-refractivity contribution in [1.82, 2.24) is 4.98 Å². The smallest absolute Gasteiger partial charge is 0.417 e. The fourth-order valence-corrected chi connectivity index (χ4v) is 4.77. The van der Waals surface area contributed by atoms with Gasteiger partial charge in [0.2, 0.25) is 5.82 Å². The van der Waals surface area contributed by atoms with E-state index >= 15 is 0 Å². The Labute approximate surface area is 203 Å². The molecule has 0 spiro atoms. The molecule has 5 atom stereocenters. The quantitative estimate of drug-likeness (QED) is 0.583. The molecule has 3 heterocycles. The number of nitrogens with one attached hydrogen (secondary N) is 1. The Morgan fingerprint density at radius 3 is 2.61 bits per heavy atom. The first-order valence-electron chi connectivity index (χ1n) is 11.2. The molecule has 7 nitrogen and oxygen atoms in total. The molecular weight excluding hydrogens is 491 g/mol. The number of alkyl halides is 3. The number of benzene rings is 1. The van der Waals surface area contributed by atoms with E-state index in [1.807, 2.05) is 0 Å². The van der Waals surface area contributed by atoms with Crippen LogP contribution in [0.15, 0.2) is 30.5 Å². The lowest BCUT2D eigenvalue weighted by molar-refractivity contribution is -0.272. The molecule has 0 unspecified atom stereocenters. The maximum absolute atomic E-state index is 14.5. The van der Waals surface area contributed by atoms with Gasteiger partial charge in [-0.1, -0.05) is 13.0 Å². The molecule has 2 aromatic rings. The van der Waals surface area contributed by atoms with Crippen LogP contribution in [0.1, 0.15) is 37.4 Å². The summed E-state index contributed by atoms with van der Waals surface area (Å²) in [6.45, 7) is 2.36. The molecule has 0 saturated carbocycles. The second-order valence-corrected chi connectivity index (χ2v) is 9.19. The van der Waals surface area contributed by atoms with E-state index in [-0.39, 0.29) is 30.0 Å². The molecule has 0 aliphatic carbocycles. The molecule has 12 heteroatoms. The second kappa shape index (κ2) is 9.24. The molecular formula is C24H25F5N2O5. The Bertz CT molecular complexity index is 1150. The minimum Gasteiger partial charge on any atom is -0.493 e. The standard InChI is InChI=1S/C24H25F5N2O5/c1-12-17(14-4-5-15(25)18(26)19(14)34-3)20(36-22(12,2)24(27,28)29)21(32)31-13-6-8-30-16(10-13)23(33)7-9-35-11-23/h4-6,8,10,12,17,20,33H,7,9,11H2,1-3H3,(H,30,31,32)/t12-,17-,20+,22+,23-/m0/s1. The van der Waals surface area contributed by atoms with Gasteiger partial charge in [-0.2, -0.15) is 17.6 Å². The Balaban J connectivity index is 1.72. The molecule has 4 rings (SSSR count). The van der Waals surface area contributed by atoms with Gasteiger partial charge < -0.3 is 24.6 Å². The van der Waals surface area contributed by atoms with Gasteiger partial charge in [-0.25, -0.2) is 4.39 Å². The van der Waals surface area contributed by atoms with Crippen molar-refractivity contribution in [2.45, 2.75) is 49.7 Å². The number of hydrogen-bond acceptors (Lipinski definition) is 6. The van der Waals surface area contributed by atoms with Gasteiger partial charge in [0, 0.05) is 42.3 Å². The third-order valence-electron chi connectivity index (χ3n) is 7.08. The van der Waals surface area contributed by atoms with Crippen LogP contribution in [0.3, 0.4) is 0 Å². The highest BCUT2D eigenvalue weighted by atomic mass is 19.4. The van der Waals surface area contributed by atoms with Gasteiger partial charge in [-0.15, -0.1) is 0 Å². The normalized spacial score (nSPS) is 30.4. The van der Waals surface area contributed by atoms with Crippen molar-refractivity contribution in [2.24, 2.45) is 5.92 Å². The number of amides is 1. The van der Waals surface area contributed by atoms with Crippen LogP contribution in [0.25, 0.3) is 0 Å². The van der Waals surface area contributed by atoms with E-state index in [4.69, 9.17) is 14.2 Å². The molecule has 36 heavy (non-hydrogen) atoms. The summed E-state index contributed by atoms with van der Waals surface area (Å²) in [6, 6.07) is 4.64. The van der Waals surface area contributed by atoms with E-state index in [0.717, 1.165) is 26.2 Å². The van der Waals surface area contributed by atoms with Crippen LogP contribution >= 0.6 is 0 Å². The minimum atomic E-state index is -4.87. The molecule has 1 amide bonds. The zero-order chi connectivity index (χ0) is 26.5. The van der Waals surface area contributed by atoms with E-state index in [0.29, 0.717) is 6.61 Å². The zero-order valence-corrected chi connectivity index (χ0v) is 19.7. The van der Waals surface area contributed by atoms with E-state index in [9.17, 15) is 31.9 Å². The summed E-state index contributed by atoms with van der Waals surface area (Å²) in [6.07, 6.45) is -5.00. The number of nitrogens with zero attached hydrogens (tertiary/aromatic N) is 1. The Kier molecular flexibility index (Phi) is 6.73. The highest BCUT2D eigenvalue weighted by Crippen LogP contribution is 2.55. The van der Waals surface area contributed by atoms with Gasteiger partial charge in [-0.05, 0) is 25.1 Å². The van der Waals surface area contributed by atoms with Crippen LogP contribution < -0.4 is 10.1 Å². The first-order chi connectivity index (χ1) is 16.8. The van der Waals surface area contributed by atoms with Crippen LogP contribution in [0.5, 0.6) is 5.75 Å². The number of methoxy groups -OCH3 is 1. The topological polar surface area (TPSA) is 89.9 Å². The number of pyridine rings is 1. The average molecular weight is 516 g/mol. The molecule has 2 saturated heterocycles. The number of anilines is 1. The van der Waals surface area contributed by atoms with Crippen LogP contribution in [0.2, 0.25) is 0 Å². The van der Waals surface area contributed by atoms with E-state index in [1.165, 1.54) is 25.3 Å². The van der Waals surface area contributed by atoms with Crippen molar-refractivity contribution < 1.29 is 46.1 Å². The SMILES string of the molecule is COc1c([C@H]2[C@H](C(=O)Nc3ccnc([C@]4(O)CCOC4)c3)O[C@@](C)(C(F)(F)F)[C@H]2C)ccc(F)c1F. The molecule has 1 aromatic heterocycles. The second-order valence-electron chi connectivity index (χ2n) is 9.19. The van der Waals surface area contributed by atoms with Crippen molar-refractivity contribution in [3.63, 3.8) is 0 Å². The third kappa shape index (κ3) is 4.31. The molecule has 196 valence electrons. The van der Waals surface area contributed by atoms with Crippen LogP contribution in [-0.4, -0.2) is 54.2 Å². The summed E-state index contributed by atoms with van der Waals surface area (Å²) < 4.78 is 86.1. The largest absolute Gasteiger partial charge is 0.493 e. The molecule has 2 aliphatic rings. The fourth-order valence-electron chi connectivity index (χ4n) is 4.77. The molecule has 0 bridgehead atoms. The lowest BCUT2D eigenvalue weighted by atomic mass is 9.77. The Morgan fingerprint density at radius 1 is 1.28 bits per heavy atom. The third-order valence-corrected chi connectivity index (χ3v) is 7.08. The van der Waals surface area contributed by atoms with Gasteiger partial charge in [0.15, 0.2) is 17.2 Å². The van der Waals surface area contributed by atoms with Gasteiger partial charge >= 0.3 is 6.18 Å².